The summed E-state index contributed by atoms with van der Waals surface area (Å²) in [6.07, 6.45) is 4.49. The maximum atomic E-state index is 14.4. The van der Waals surface area contributed by atoms with Gasteiger partial charge in [-0.05, 0) is 36.1 Å². The number of carboxylic acids is 1. The predicted molar refractivity (Wildman–Crippen MR) is 118 cm³/mol. The molecule has 9 nitrogen and oxygen atoms in total. The fraction of sp³-hybridized carbons (Fsp3) is 0.333. The van der Waals surface area contributed by atoms with E-state index in [1.165, 1.54) is 12.1 Å². The number of hydrogen-bond acceptors (Lipinski definition) is 7. The fourth-order valence-electron chi connectivity index (χ4n) is 3.52. The minimum absolute atomic E-state index is 0.0879. The molecule has 0 amide bonds. The molecule has 3 N–H and O–H groups in total. The Morgan fingerprint density at radius 1 is 1.38 bits per heavy atom. The van der Waals surface area contributed by atoms with Gasteiger partial charge in [0.1, 0.15) is 5.82 Å². The van der Waals surface area contributed by atoms with Crippen LogP contribution in [0, 0.1) is 5.82 Å². The summed E-state index contributed by atoms with van der Waals surface area (Å²) in [5, 5.41) is 19.0. The first-order chi connectivity index (χ1) is 15.4. The van der Waals surface area contributed by atoms with Crippen LogP contribution in [0.3, 0.4) is 0 Å². The average Bonchev–Trinajstić information content (AvgIpc) is 3.23. The number of nitrogens with one attached hydrogen (secondary N) is 2. The number of aliphatic carboxylic acids is 1. The van der Waals surface area contributed by atoms with E-state index in [4.69, 9.17) is 5.11 Å². The molecule has 0 spiro atoms. The minimum atomic E-state index is -1.32. The molecule has 0 radical (unpaired) electrons. The molecule has 1 aliphatic rings. The first kappa shape index (κ1) is 21.9. The summed E-state index contributed by atoms with van der Waals surface area (Å²) in [5.41, 5.74) is 2.64. The second kappa shape index (κ2) is 9.43. The zero-order valence-electron chi connectivity index (χ0n) is 17.5. The van der Waals surface area contributed by atoms with Crippen molar-refractivity contribution in [2.45, 2.75) is 37.6 Å². The lowest BCUT2D eigenvalue weighted by Crippen LogP contribution is -2.31. The molecule has 0 saturated carbocycles. The number of H-pyrrole nitrogens is 1. The number of aromatic amines is 1. The molecular formula is C21H23FN6O3S. The number of halogens is 1. The van der Waals surface area contributed by atoms with Crippen molar-refractivity contribution in [2.24, 2.45) is 0 Å². The summed E-state index contributed by atoms with van der Waals surface area (Å²) in [7, 11) is -1.32. The fourth-order valence-corrected chi connectivity index (χ4v) is 4.59. The summed E-state index contributed by atoms with van der Waals surface area (Å²) in [6.45, 7) is 3.22. The van der Waals surface area contributed by atoms with Gasteiger partial charge in [0.25, 0.3) is 0 Å². The van der Waals surface area contributed by atoms with Crippen LogP contribution in [-0.4, -0.2) is 47.7 Å². The Morgan fingerprint density at radius 2 is 2.22 bits per heavy atom. The quantitative estimate of drug-likeness (QED) is 0.471. The zero-order valence-corrected chi connectivity index (χ0v) is 18.3. The number of rotatable bonds is 8. The molecule has 168 valence electrons. The lowest BCUT2D eigenvalue weighted by Gasteiger charge is -2.27. The van der Waals surface area contributed by atoms with Crippen LogP contribution in [0.25, 0.3) is 0 Å². The Kier molecular flexibility index (Phi) is 6.45. The van der Waals surface area contributed by atoms with Crippen LogP contribution in [-0.2, 0) is 35.0 Å². The van der Waals surface area contributed by atoms with Crippen molar-refractivity contribution in [3.63, 3.8) is 0 Å². The molecule has 1 unspecified atom stereocenters. The lowest BCUT2D eigenvalue weighted by molar-refractivity contribution is -0.136. The Balaban J connectivity index is 1.64. The summed E-state index contributed by atoms with van der Waals surface area (Å²) < 4.78 is 27.1. The molecule has 11 heteroatoms. The molecule has 1 aromatic carbocycles. The van der Waals surface area contributed by atoms with E-state index in [1.54, 1.807) is 12.3 Å². The summed E-state index contributed by atoms with van der Waals surface area (Å²) in [4.78, 5) is 22.4. The van der Waals surface area contributed by atoms with Gasteiger partial charge in [-0.1, -0.05) is 13.0 Å². The van der Waals surface area contributed by atoms with Crippen molar-refractivity contribution >= 4 is 34.2 Å². The number of carboxylic acid groups (broad SMARTS) is 1. The molecule has 32 heavy (non-hydrogen) atoms. The van der Waals surface area contributed by atoms with Gasteiger partial charge in [-0.3, -0.25) is 14.1 Å². The van der Waals surface area contributed by atoms with E-state index in [9.17, 15) is 13.4 Å². The SMILES string of the molecule is CCCS(=O)c1cnc(N2CCc3cn[nH]c3C2)nc1Nc1ccc(CC(=O)O)c(F)c1. The zero-order chi connectivity index (χ0) is 22.7. The van der Waals surface area contributed by atoms with E-state index in [0.717, 1.165) is 24.1 Å². The van der Waals surface area contributed by atoms with Gasteiger partial charge >= 0.3 is 5.97 Å². The maximum absolute atomic E-state index is 14.4. The van der Waals surface area contributed by atoms with E-state index in [0.29, 0.717) is 41.2 Å². The van der Waals surface area contributed by atoms with Crippen LogP contribution < -0.4 is 10.2 Å². The average molecular weight is 459 g/mol. The maximum Gasteiger partial charge on any atom is 0.307 e. The normalized spacial score (nSPS) is 14.1. The number of fused-ring (bicyclic) bond motifs is 1. The summed E-state index contributed by atoms with van der Waals surface area (Å²) >= 11 is 0. The molecule has 0 saturated heterocycles. The van der Waals surface area contributed by atoms with Gasteiger partial charge in [0.2, 0.25) is 5.95 Å². The molecule has 0 aliphatic carbocycles. The minimum Gasteiger partial charge on any atom is -0.481 e. The lowest BCUT2D eigenvalue weighted by atomic mass is 10.1. The van der Waals surface area contributed by atoms with Crippen LogP contribution in [0.5, 0.6) is 0 Å². The van der Waals surface area contributed by atoms with Crippen molar-refractivity contribution in [1.29, 1.82) is 0 Å². The van der Waals surface area contributed by atoms with Gasteiger partial charge in [0.05, 0.1) is 46.7 Å². The Labute approximate surface area is 186 Å². The van der Waals surface area contributed by atoms with Crippen LogP contribution in [0.1, 0.15) is 30.2 Å². The van der Waals surface area contributed by atoms with Crippen LogP contribution >= 0.6 is 0 Å². The third kappa shape index (κ3) is 4.77. The second-order valence-electron chi connectivity index (χ2n) is 7.48. The van der Waals surface area contributed by atoms with Crippen LogP contribution in [0.2, 0.25) is 0 Å². The molecule has 4 rings (SSSR count). The van der Waals surface area contributed by atoms with Crippen molar-refractivity contribution < 1.29 is 18.5 Å². The highest BCUT2D eigenvalue weighted by atomic mass is 32.2. The number of anilines is 3. The van der Waals surface area contributed by atoms with Crippen LogP contribution in [0.15, 0.2) is 35.5 Å². The van der Waals surface area contributed by atoms with Gasteiger partial charge < -0.3 is 15.3 Å². The van der Waals surface area contributed by atoms with Gasteiger partial charge in [0.15, 0.2) is 5.82 Å². The van der Waals surface area contributed by atoms with E-state index in [2.05, 4.69) is 25.5 Å². The Bertz CT molecular complexity index is 1170. The molecule has 3 heterocycles. The van der Waals surface area contributed by atoms with Crippen molar-refractivity contribution in [2.75, 3.05) is 22.5 Å². The van der Waals surface area contributed by atoms with Crippen LogP contribution in [0.4, 0.5) is 21.8 Å². The predicted octanol–water partition coefficient (Wildman–Crippen LogP) is 2.79. The first-order valence-corrected chi connectivity index (χ1v) is 11.5. The molecule has 1 atom stereocenters. The van der Waals surface area contributed by atoms with Crippen molar-refractivity contribution in [3.05, 3.63) is 53.2 Å². The van der Waals surface area contributed by atoms with Gasteiger partial charge in [-0.25, -0.2) is 9.37 Å². The largest absolute Gasteiger partial charge is 0.481 e. The summed E-state index contributed by atoms with van der Waals surface area (Å²) in [6, 6.07) is 4.21. The third-order valence-corrected chi connectivity index (χ3v) is 6.69. The monoisotopic (exact) mass is 458 g/mol. The number of carbonyl (C=O) groups is 1. The van der Waals surface area contributed by atoms with E-state index < -0.39 is 29.0 Å². The smallest absolute Gasteiger partial charge is 0.307 e. The van der Waals surface area contributed by atoms with Gasteiger partial charge in [-0.15, -0.1) is 0 Å². The van der Waals surface area contributed by atoms with Gasteiger partial charge in [0, 0.05) is 18.0 Å². The molecule has 0 fully saturated rings. The second-order valence-corrected chi connectivity index (χ2v) is 9.02. The highest BCUT2D eigenvalue weighted by Gasteiger charge is 2.22. The Hall–Kier alpha value is -3.34. The number of nitrogens with zero attached hydrogens (tertiary/aromatic N) is 4. The molecular weight excluding hydrogens is 435 g/mol. The van der Waals surface area contributed by atoms with E-state index >= 15 is 0 Å². The molecule has 2 aromatic heterocycles. The Morgan fingerprint density at radius 3 is 2.97 bits per heavy atom. The van der Waals surface area contributed by atoms with E-state index in [1.807, 2.05) is 18.0 Å². The summed E-state index contributed by atoms with van der Waals surface area (Å²) in [5.74, 6) is -0.490. The third-order valence-electron chi connectivity index (χ3n) is 5.13. The number of aromatic nitrogens is 4. The number of hydrogen-bond donors (Lipinski definition) is 3. The molecule has 1 aliphatic heterocycles. The van der Waals surface area contributed by atoms with Gasteiger partial charge in [-0.2, -0.15) is 10.1 Å². The standard InChI is InChI=1S/C21H23FN6O3S/c1-2-7-32(31)18-11-23-21(28-6-5-14-10-24-27-17(14)12-28)26-20(18)25-15-4-3-13(8-19(29)30)16(22)9-15/h3-4,9-11H,2,5-8,12H2,1H3,(H,24,27)(H,29,30)(H,23,25,26). The first-order valence-electron chi connectivity index (χ1n) is 10.2. The highest BCUT2D eigenvalue weighted by Crippen LogP contribution is 2.27. The molecule has 0 bridgehead atoms. The van der Waals surface area contributed by atoms with E-state index in [-0.39, 0.29) is 5.56 Å². The topological polar surface area (TPSA) is 124 Å². The number of benzene rings is 1. The highest BCUT2D eigenvalue weighted by molar-refractivity contribution is 7.85. The van der Waals surface area contributed by atoms with Crippen molar-refractivity contribution in [1.82, 2.24) is 20.2 Å². The molecule has 3 aromatic rings. The van der Waals surface area contributed by atoms with Crippen molar-refractivity contribution in [3.8, 4) is 0 Å².